The fraction of sp³-hybridized carbons (Fsp3) is 0.455. The van der Waals surface area contributed by atoms with Gasteiger partial charge < -0.3 is 15.0 Å². The minimum atomic E-state index is -0.386. The summed E-state index contributed by atoms with van der Waals surface area (Å²) in [5, 5.41) is 21.6. The number of fused-ring (bicyclic) bond motifs is 1. The summed E-state index contributed by atoms with van der Waals surface area (Å²) >= 11 is 0. The molecule has 2 aromatic rings. The number of hydrogen-bond acceptors (Lipinski definition) is 6. The van der Waals surface area contributed by atoms with Crippen LogP contribution in [0.5, 0.6) is 5.75 Å². The Hall–Kier alpha value is -3.14. The molecule has 1 amide bonds. The maximum absolute atomic E-state index is 13.1. The average Bonchev–Trinajstić information content (AvgIpc) is 3.23. The molecule has 2 aliphatic rings. The van der Waals surface area contributed by atoms with Gasteiger partial charge in [0.15, 0.2) is 5.82 Å². The second-order valence-corrected chi connectivity index (χ2v) is 7.69. The van der Waals surface area contributed by atoms with Crippen LogP contribution in [0.25, 0.3) is 0 Å². The number of nitriles is 1. The summed E-state index contributed by atoms with van der Waals surface area (Å²) in [5.74, 6) is 1.05. The van der Waals surface area contributed by atoms with E-state index in [1.54, 1.807) is 7.11 Å². The van der Waals surface area contributed by atoms with E-state index < -0.39 is 0 Å². The van der Waals surface area contributed by atoms with Crippen LogP contribution in [-0.2, 0) is 17.6 Å². The number of aromatic nitrogens is 2. The van der Waals surface area contributed by atoms with Gasteiger partial charge in [-0.15, -0.1) is 5.10 Å². The molecule has 1 aliphatic heterocycles. The van der Waals surface area contributed by atoms with Crippen LogP contribution in [0, 0.1) is 18.3 Å². The number of nitrogens with one attached hydrogen (secondary N) is 1. The highest BCUT2D eigenvalue weighted by Crippen LogP contribution is 2.33. The van der Waals surface area contributed by atoms with E-state index in [2.05, 4.69) is 21.6 Å². The summed E-state index contributed by atoms with van der Waals surface area (Å²) in [4.78, 5) is 15.1. The van der Waals surface area contributed by atoms with Gasteiger partial charge in [-0.05, 0) is 68.7 Å². The molecule has 1 saturated heterocycles. The highest BCUT2D eigenvalue weighted by atomic mass is 16.5. The van der Waals surface area contributed by atoms with Gasteiger partial charge >= 0.3 is 0 Å². The zero-order valence-corrected chi connectivity index (χ0v) is 16.9. The van der Waals surface area contributed by atoms with Crippen molar-refractivity contribution in [2.45, 2.75) is 51.5 Å². The Bertz CT molecular complexity index is 982. The van der Waals surface area contributed by atoms with Gasteiger partial charge in [0.1, 0.15) is 23.4 Å². The zero-order chi connectivity index (χ0) is 20.4. The number of carbonyl (C=O) groups is 1. The van der Waals surface area contributed by atoms with Crippen LogP contribution in [0.3, 0.4) is 0 Å². The molecule has 7 nitrogen and oxygen atoms in total. The van der Waals surface area contributed by atoms with Crippen LogP contribution in [0.2, 0.25) is 0 Å². The summed E-state index contributed by atoms with van der Waals surface area (Å²) < 4.78 is 5.38. The average molecular weight is 391 g/mol. The number of anilines is 2. The minimum absolute atomic E-state index is 0.116. The van der Waals surface area contributed by atoms with Crippen molar-refractivity contribution in [1.29, 1.82) is 5.26 Å². The quantitative estimate of drug-likeness (QED) is 0.861. The first-order valence-corrected chi connectivity index (χ1v) is 10.1. The Morgan fingerprint density at radius 1 is 1.28 bits per heavy atom. The van der Waals surface area contributed by atoms with Gasteiger partial charge in [-0.3, -0.25) is 4.79 Å². The Morgan fingerprint density at radius 2 is 2.10 bits per heavy atom. The monoisotopic (exact) mass is 391 g/mol. The van der Waals surface area contributed by atoms with Crippen molar-refractivity contribution in [3.63, 3.8) is 0 Å². The number of carbonyl (C=O) groups excluding carboxylic acids is 1. The van der Waals surface area contributed by atoms with Gasteiger partial charge in [0.05, 0.1) is 18.5 Å². The number of amides is 1. The second kappa shape index (κ2) is 8.08. The normalized spacial score (nSPS) is 18.1. The molecule has 0 bridgehead atoms. The van der Waals surface area contributed by atoms with Crippen molar-refractivity contribution in [1.82, 2.24) is 10.2 Å². The van der Waals surface area contributed by atoms with Gasteiger partial charge in [0.25, 0.3) is 0 Å². The fourth-order valence-electron chi connectivity index (χ4n) is 4.31. The first-order chi connectivity index (χ1) is 14.1. The van der Waals surface area contributed by atoms with E-state index in [-0.39, 0.29) is 11.9 Å². The lowest BCUT2D eigenvalue weighted by atomic mass is 9.93. The van der Waals surface area contributed by atoms with Gasteiger partial charge in [0, 0.05) is 6.54 Å². The maximum atomic E-state index is 13.1. The third kappa shape index (κ3) is 3.63. The second-order valence-electron chi connectivity index (χ2n) is 7.69. The zero-order valence-electron chi connectivity index (χ0n) is 16.9. The molecule has 29 heavy (non-hydrogen) atoms. The number of benzene rings is 1. The lowest BCUT2D eigenvalue weighted by molar-refractivity contribution is -0.117. The molecule has 1 fully saturated rings. The van der Waals surface area contributed by atoms with Crippen LogP contribution in [0.4, 0.5) is 11.5 Å². The third-order valence-electron chi connectivity index (χ3n) is 5.78. The first-order valence-electron chi connectivity index (χ1n) is 10.1. The highest BCUT2D eigenvalue weighted by molar-refractivity contribution is 5.98. The van der Waals surface area contributed by atoms with Gasteiger partial charge in [-0.25, -0.2) is 0 Å². The summed E-state index contributed by atoms with van der Waals surface area (Å²) in [6, 6.07) is 7.64. The van der Waals surface area contributed by atoms with E-state index in [0.29, 0.717) is 35.8 Å². The molecule has 1 N–H and O–H groups in total. The van der Waals surface area contributed by atoms with Crippen molar-refractivity contribution in [3.8, 4) is 11.8 Å². The molecular weight excluding hydrogens is 366 g/mol. The van der Waals surface area contributed by atoms with Crippen molar-refractivity contribution in [2.75, 3.05) is 23.9 Å². The summed E-state index contributed by atoms with van der Waals surface area (Å²) in [5.41, 5.74) is 4.22. The van der Waals surface area contributed by atoms with E-state index >= 15 is 0 Å². The van der Waals surface area contributed by atoms with E-state index in [9.17, 15) is 10.1 Å². The van der Waals surface area contributed by atoms with E-state index in [1.807, 2.05) is 30.0 Å². The number of nitrogens with zero attached hydrogens (tertiary/aromatic N) is 4. The van der Waals surface area contributed by atoms with Crippen LogP contribution >= 0.6 is 0 Å². The molecule has 7 heteroatoms. The van der Waals surface area contributed by atoms with Crippen LogP contribution in [-0.4, -0.2) is 35.8 Å². The minimum Gasteiger partial charge on any atom is -0.495 e. The molecule has 4 rings (SSSR count). The Balaban J connectivity index is 1.63. The lowest BCUT2D eigenvalue weighted by Crippen LogP contribution is -2.41. The Labute approximate surface area is 170 Å². The molecule has 150 valence electrons. The Morgan fingerprint density at radius 3 is 2.90 bits per heavy atom. The standard InChI is InChI=1S/C22H25N5O2/c1-14-9-10-20(29-2)18(12-14)24-22(28)19-8-5-11-27(19)21-16(13-23)15-6-3-4-7-17(15)25-26-21/h9-10,12,19H,3-8,11H2,1-2H3,(H,24,28). The highest BCUT2D eigenvalue weighted by Gasteiger charge is 2.35. The van der Waals surface area contributed by atoms with Crippen LogP contribution in [0.1, 0.15) is 48.1 Å². The fourth-order valence-corrected chi connectivity index (χ4v) is 4.31. The molecule has 1 unspecified atom stereocenters. The third-order valence-corrected chi connectivity index (χ3v) is 5.78. The van der Waals surface area contributed by atoms with Crippen LogP contribution < -0.4 is 15.0 Å². The molecule has 1 aliphatic carbocycles. The molecule has 1 atom stereocenters. The SMILES string of the molecule is COc1ccc(C)cc1NC(=O)C1CCCN1c1nnc2c(c1C#N)CCCC2. The van der Waals surface area contributed by atoms with Crippen LogP contribution in [0.15, 0.2) is 18.2 Å². The van der Waals surface area contributed by atoms with E-state index in [4.69, 9.17) is 4.74 Å². The predicted molar refractivity (Wildman–Crippen MR) is 110 cm³/mol. The molecular formula is C22H25N5O2. The van der Waals surface area contributed by atoms with E-state index in [1.165, 1.54) is 0 Å². The summed E-state index contributed by atoms with van der Waals surface area (Å²) in [6.45, 7) is 2.66. The van der Waals surface area contributed by atoms with Gasteiger partial charge in [-0.2, -0.15) is 10.4 Å². The molecule has 2 heterocycles. The molecule has 0 spiro atoms. The topological polar surface area (TPSA) is 91.1 Å². The summed E-state index contributed by atoms with van der Waals surface area (Å²) in [7, 11) is 1.59. The van der Waals surface area contributed by atoms with Crippen molar-refractivity contribution >= 4 is 17.4 Å². The maximum Gasteiger partial charge on any atom is 0.247 e. The van der Waals surface area contributed by atoms with E-state index in [0.717, 1.165) is 48.9 Å². The molecule has 1 aromatic heterocycles. The lowest BCUT2D eigenvalue weighted by Gasteiger charge is -2.27. The number of rotatable bonds is 4. The predicted octanol–water partition coefficient (Wildman–Crippen LogP) is 3.15. The largest absolute Gasteiger partial charge is 0.495 e. The smallest absolute Gasteiger partial charge is 0.247 e. The number of methoxy groups -OCH3 is 1. The first kappa shape index (κ1) is 19.2. The summed E-state index contributed by atoms with van der Waals surface area (Å²) in [6.07, 6.45) is 5.44. The molecule has 0 saturated carbocycles. The van der Waals surface area contributed by atoms with Crippen molar-refractivity contribution in [2.24, 2.45) is 0 Å². The number of ether oxygens (including phenoxy) is 1. The number of hydrogen-bond donors (Lipinski definition) is 1. The Kier molecular flexibility index (Phi) is 5.34. The molecule has 1 aromatic carbocycles. The van der Waals surface area contributed by atoms with Crippen molar-refractivity contribution in [3.05, 3.63) is 40.6 Å². The number of aryl methyl sites for hydroxylation is 2. The van der Waals surface area contributed by atoms with Gasteiger partial charge in [-0.1, -0.05) is 6.07 Å². The van der Waals surface area contributed by atoms with Crippen molar-refractivity contribution < 1.29 is 9.53 Å². The van der Waals surface area contributed by atoms with Gasteiger partial charge in [0.2, 0.25) is 5.91 Å². The molecule has 0 radical (unpaired) electrons.